The lowest BCUT2D eigenvalue weighted by Crippen LogP contribution is -2.36. The van der Waals surface area contributed by atoms with Crippen molar-refractivity contribution in [2.24, 2.45) is 0 Å². The quantitative estimate of drug-likeness (QED) is 0.539. The summed E-state index contributed by atoms with van der Waals surface area (Å²) in [5.41, 5.74) is 8.74. The first kappa shape index (κ1) is 18.3. The first-order valence-corrected chi connectivity index (χ1v) is 9.65. The van der Waals surface area contributed by atoms with Gasteiger partial charge in [-0.2, -0.15) is 0 Å². The number of nitrogens with one attached hydrogen (secondary N) is 1. The van der Waals surface area contributed by atoms with Crippen LogP contribution in [0.1, 0.15) is 16.8 Å². The van der Waals surface area contributed by atoms with Crippen LogP contribution in [0.5, 0.6) is 0 Å². The van der Waals surface area contributed by atoms with Crippen LogP contribution in [0.3, 0.4) is 0 Å². The Bertz CT molecular complexity index is 1360. The molecule has 1 aliphatic rings. The van der Waals surface area contributed by atoms with Gasteiger partial charge in [0.1, 0.15) is 11.4 Å². The fourth-order valence-corrected chi connectivity index (χ4v) is 3.83. The van der Waals surface area contributed by atoms with Crippen molar-refractivity contribution in [2.45, 2.75) is 19.5 Å². The lowest BCUT2D eigenvalue weighted by Gasteiger charge is -2.27. The molecule has 0 spiro atoms. The van der Waals surface area contributed by atoms with E-state index in [9.17, 15) is 9.59 Å². The monoisotopic (exact) mass is 401 g/mol. The lowest BCUT2D eigenvalue weighted by atomic mass is 10.1. The molecule has 0 radical (unpaired) electrons. The zero-order chi connectivity index (χ0) is 20.7. The second kappa shape index (κ2) is 7.23. The molecule has 0 aliphatic carbocycles. The first-order valence-electron chi connectivity index (χ1n) is 9.65. The number of nitrogens with zero attached hydrogens (tertiary/aromatic N) is 3. The Morgan fingerprint density at radius 2 is 2.03 bits per heavy atom. The maximum Gasteiger partial charge on any atom is 0.255 e. The predicted octanol–water partition coefficient (Wildman–Crippen LogP) is 2.08. The van der Waals surface area contributed by atoms with E-state index in [1.807, 2.05) is 11.0 Å². The van der Waals surface area contributed by atoms with Crippen molar-refractivity contribution >= 4 is 16.9 Å². The lowest BCUT2D eigenvalue weighted by molar-refractivity contribution is 0.240. The summed E-state index contributed by atoms with van der Waals surface area (Å²) >= 11 is 0. The molecule has 3 aromatic heterocycles. The standard InChI is InChI=1S/C22H19N5O3/c23-20-16(19(28)14-5-1-2-6-18(14)30-20)12-27-9-7-17-15(11-27)22(29)26-21(25-17)13-4-3-8-24-10-13/h1-6,8,10H,7,9,11-12,23H2,(H,25,26,29). The maximum atomic E-state index is 12.9. The molecule has 30 heavy (non-hydrogen) atoms. The van der Waals surface area contributed by atoms with E-state index in [1.165, 1.54) is 0 Å². The summed E-state index contributed by atoms with van der Waals surface area (Å²) in [7, 11) is 0. The predicted molar refractivity (Wildman–Crippen MR) is 113 cm³/mol. The number of aromatic amines is 1. The highest BCUT2D eigenvalue weighted by Crippen LogP contribution is 2.22. The summed E-state index contributed by atoms with van der Waals surface area (Å²) in [6, 6.07) is 10.7. The van der Waals surface area contributed by atoms with Crippen LogP contribution in [0, 0.1) is 0 Å². The number of benzene rings is 1. The van der Waals surface area contributed by atoms with Crippen molar-refractivity contribution in [2.75, 3.05) is 12.3 Å². The summed E-state index contributed by atoms with van der Waals surface area (Å²) < 4.78 is 5.64. The Hall–Kier alpha value is -3.78. The first-order chi connectivity index (χ1) is 14.6. The highest BCUT2D eigenvalue weighted by Gasteiger charge is 2.24. The highest BCUT2D eigenvalue weighted by atomic mass is 16.3. The summed E-state index contributed by atoms with van der Waals surface area (Å²) in [6.45, 7) is 1.35. The van der Waals surface area contributed by atoms with Gasteiger partial charge < -0.3 is 15.1 Å². The summed E-state index contributed by atoms with van der Waals surface area (Å²) in [5, 5.41) is 0.500. The number of hydrogen-bond acceptors (Lipinski definition) is 7. The van der Waals surface area contributed by atoms with E-state index in [1.54, 1.807) is 42.7 Å². The molecule has 150 valence electrons. The molecule has 4 aromatic rings. The van der Waals surface area contributed by atoms with Crippen molar-refractivity contribution < 1.29 is 4.42 Å². The average Bonchev–Trinajstić information content (AvgIpc) is 2.77. The highest BCUT2D eigenvalue weighted by molar-refractivity contribution is 5.78. The van der Waals surface area contributed by atoms with Gasteiger partial charge in [0.25, 0.3) is 5.56 Å². The number of nitrogen functional groups attached to an aromatic ring is 1. The molecule has 0 saturated heterocycles. The molecule has 0 saturated carbocycles. The molecule has 0 amide bonds. The fraction of sp³-hybridized carbons (Fsp3) is 0.182. The van der Waals surface area contributed by atoms with Gasteiger partial charge in [-0.25, -0.2) is 4.98 Å². The number of hydrogen-bond donors (Lipinski definition) is 2. The van der Waals surface area contributed by atoms with E-state index in [4.69, 9.17) is 10.2 Å². The van der Waals surface area contributed by atoms with Crippen LogP contribution in [-0.2, 0) is 19.5 Å². The van der Waals surface area contributed by atoms with Crippen LogP contribution in [0.25, 0.3) is 22.4 Å². The van der Waals surface area contributed by atoms with Crippen molar-refractivity contribution in [3.63, 3.8) is 0 Å². The van der Waals surface area contributed by atoms with Crippen molar-refractivity contribution in [1.82, 2.24) is 19.9 Å². The number of H-pyrrole nitrogens is 1. The molecule has 0 unspecified atom stereocenters. The Morgan fingerprint density at radius 3 is 2.87 bits per heavy atom. The van der Waals surface area contributed by atoms with Gasteiger partial charge >= 0.3 is 0 Å². The molecule has 4 heterocycles. The van der Waals surface area contributed by atoms with Crippen LogP contribution >= 0.6 is 0 Å². The van der Waals surface area contributed by atoms with E-state index < -0.39 is 0 Å². The molecule has 8 nitrogen and oxygen atoms in total. The molecule has 1 aromatic carbocycles. The molecular weight excluding hydrogens is 382 g/mol. The van der Waals surface area contributed by atoms with Gasteiger partial charge in [0.05, 0.1) is 22.2 Å². The third-order valence-corrected chi connectivity index (χ3v) is 5.39. The summed E-state index contributed by atoms with van der Waals surface area (Å²) in [6.07, 6.45) is 3.94. The molecule has 0 atom stereocenters. The van der Waals surface area contributed by atoms with Gasteiger partial charge in [-0.05, 0) is 24.3 Å². The van der Waals surface area contributed by atoms with Gasteiger partial charge in [0.2, 0.25) is 0 Å². The third-order valence-electron chi connectivity index (χ3n) is 5.39. The van der Waals surface area contributed by atoms with Crippen LogP contribution in [0.15, 0.2) is 62.8 Å². The van der Waals surface area contributed by atoms with Crippen LogP contribution in [-0.4, -0.2) is 26.4 Å². The molecule has 3 N–H and O–H groups in total. The van der Waals surface area contributed by atoms with Gasteiger partial charge in [-0.3, -0.25) is 19.5 Å². The Balaban J connectivity index is 1.45. The minimum absolute atomic E-state index is 0.114. The molecule has 0 bridgehead atoms. The van der Waals surface area contributed by atoms with Gasteiger partial charge in [-0.15, -0.1) is 0 Å². The van der Waals surface area contributed by atoms with Crippen molar-refractivity contribution in [1.29, 1.82) is 0 Å². The van der Waals surface area contributed by atoms with Crippen molar-refractivity contribution in [3.8, 4) is 11.4 Å². The number of pyridine rings is 1. The normalized spacial score (nSPS) is 14.0. The zero-order valence-electron chi connectivity index (χ0n) is 16.1. The van der Waals surface area contributed by atoms with Gasteiger partial charge in [0.15, 0.2) is 11.3 Å². The Morgan fingerprint density at radius 1 is 1.17 bits per heavy atom. The van der Waals surface area contributed by atoms with Gasteiger partial charge in [0, 0.05) is 44.0 Å². The molecular formula is C22H19N5O3. The van der Waals surface area contributed by atoms with E-state index in [2.05, 4.69) is 15.0 Å². The minimum atomic E-state index is -0.179. The van der Waals surface area contributed by atoms with E-state index >= 15 is 0 Å². The second-order valence-corrected chi connectivity index (χ2v) is 7.31. The van der Waals surface area contributed by atoms with Crippen molar-refractivity contribution in [3.05, 3.63) is 86.2 Å². The zero-order valence-corrected chi connectivity index (χ0v) is 16.1. The number of fused-ring (bicyclic) bond motifs is 2. The average molecular weight is 401 g/mol. The maximum absolute atomic E-state index is 12.9. The molecule has 1 aliphatic heterocycles. The number of anilines is 1. The largest absolute Gasteiger partial charge is 0.440 e. The second-order valence-electron chi connectivity index (χ2n) is 7.31. The Labute approximate surface area is 171 Å². The third kappa shape index (κ3) is 3.17. The SMILES string of the molecule is Nc1oc2ccccc2c(=O)c1CN1CCc2nc(-c3cccnc3)[nH]c(=O)c2C1. The topological polar surface area (TPSA) is 118 Å². The minimum Gasteiger partial charge on any atom is -0.440 e. The molecule has 5 rings (SSSR count). The van der Waals surface area contributed by atoms with E-state index in [0.29, 0.717) is 54.0 Å². The fourth-order valence-electron chi connectivity index (χ4n) is 3.83. The van der Waals surface area contributed by atoms with Crippen LogP contribution < -0.4 is 16.7 Å². The smallest absolute Gasteiger partial charge is 0.255 e. The number of nitrogens with two attached hydrogens (primary N) is 1. The van der Waals surface area contributed by atoms with Crippen LogP contribution in [0.2, 0.25) is 0 Å². The van der Waals surface area contributed by atoms with E-state index in [-0.39, 0.29) is 16.9 Å². The number of rotatable bonds is 3. The van der Waals surface area contributed by atoms with Gasteiger partial charge in [-0.1, -0.05) is 12.1 Å². The number of aromatic nitrogens is 3. The number of para-hydroxylation sites is 1. The Kier molecular flexibility index (Phi) is 4.40. The molecule has 0 fully saturated rings. The summed E-state index contributed by atoms with van der Waals surface area (Å²) in [4.78, 5) is 39.2. The van der Waals surface area contributed by atoms with E-state index in [0.717, 1.165) is 11.3 Å². The van der Waals surface area contributed by atoms with Crippen LogP contribution in [0.4, 0.5) is 5.88 Å². The summed E-state index contributed by atoms with van der Waals surface area (Å²) in [5.74, 6) is 0.628. The molecule has 8 heteroatoms.